The second kappa shape index (κ2) is 7.69. The maximum atomic E-state index is 12.9. The highest BCUT2D eigenvalue weighted by Gasteiger charge is 2.32. The van der Waals surface area contributed by atoms with Gasteiger partial charge in [-0.2, -0.15) is 13.2 Å². The zero-order valence-corrected chi connectivity index (χ0v) is 17.2. The van der Waals surface area contributed by atoms with Gasteiger partial charge in [-0.05, 0) is 42.5 Å². The molecule has 0 aliphatic rings. The van der Waals surface area contributed by atoms with E-state index in [0.717, 1.165) is 18.0 Å². The number of amides is 1. The smallest absolute Gasteiger partial charge is 0.346 e. The Morgan fingerprint density at radius 2 is 1.94 bits per heavy atom. The van der Waals surface area contributed by atoms with E-state index in [1.54, 1.807) is 42.1 Å². The van der Waals surface area contributed by atoms with E-state index in [2.05, 4.69) is 25.6 Å². The first-order chi connectivity index (χ1) is 15.8. The number of aryl methyl sites for hydroxylation is 1. The average Bonchev–Trinajstić information content (AvgIpc) is 3.35. The highest BCUT2D eigenvalue weighted by molar-refractivity contribution is 6.09. The molecule has 4 aromatic heterocycles. The Balaban J connectivity index is 1.55. The van der Waals surface area contributed by atoms with Crippen LogP contribution in [0.2, 0.25) is 0 Å². The van der Waals surface area contributed by atoms with Crippen LogP contribution in [0.3, 0.4) is 0 Å². The Labute approximate surface area is 184 Å². The minimum Gasteiger partial charge on any atom is -0.346 e. The van der Waals surface area contributed by atoms with Crippen LogP contribution in [0.5, 0.6) is 0 Å². The zero-order valence-electron chi connectivity index (χ0n) is 17.2. The third-order valence-electron chi connectivity index (χ3n) is 5.22. The van der Waals surface area contributed by atoms with Crippen molar-refractivity contribution in [1.82, 2.24) is 34.8 Å². The van der Waals surface area contributed by atoms with E-state index in [-0.39, 0.29) is 12.5 Å². The molecule has 5 rings (SSSR count). The third kappa shape index (κ3) is 3.67. The Morgan fingerprint density at radius 1 is 1.09 bits per heavy atom. The van der Waals surface area contributed by atoms with Gasteiger partial charge in [-0.1, -0.05) is 11.3 Å². The molecule has 11 heteroatoms. The molecule has 0 fully saturated rings. The summed E-state index contributed by atoms with van der Waals surface area (Å²) in [5.74, 6) is -0.288. The highest BCUT2D eigenvalue weighted by atomic mass is 19.4. The number of halogens is 3. The van der Waals surface area contributed by atoms with Crippen molar-refractivity contribution in [2.24, 2.45) is 7.05 Å². The second-order valence-electron chi connectivity index (χ2n) is 7.36. The van der Waals surface area contributed by atoms with Gasteiger partial charge in [0.1, 0.15) is 11.2 Å². The first-order valence-corrected chi connectivity index (χ1v) is 9.88. The molecule has 1 aromatic carbocycles. The molecule has 1 N–H and O–H groups in total. The number of nitrogens with one attached hydrogen (secondary N) is 1. The van der Waals surface area contributed by atoms with Gasteiger partial charge in [-0.3, -0.25) is 14.3 Å². The van der Waals surface area contributed by atoms with E-state index < -0.39 is 11.9 Å². The lowest BCUT2D eigenvalue weighted by Gasteiger charge is -2.10. The number of fused-ring (bicyclic) bond motifs is 3. The predicted octanol–water partition coefficient (Wildman–Crippen LogP) is 3.65. The van der Waals surface area contributed by atoms with Gasteiger partial charge in [-0.25, -0.2) is 9.67 Å². The molecule has 1 amide bonds. The van der Waals surface area contributed by atoms with Crippen LogP contribution in [0.15, 0.2) is 60.9 Å². The van der Waals surface area contributed by atoms with Gasteiger partial charge in [0, 0.05) is 24.2 Å². The lowest BCUT2D eigenvalue weighted by molar-refractivity contribution is -0.141. The van der Waals surface area contributed by atoms with Crippen molar-refractivity contribution in [3.63, 3.8) is 0 Å². The maximum Gasteiger partial charge on any atom is 0.433 e. The Morgan fingerprint density at radius 3 is 2.64 bits per heavy atom. The highest BCUT2D eigenvalue weighted by Crippen LogP contribution is 2.32. The van der Waals surface area contributed by atoms with Gasteiger partial charge in [0.25, 0.3) is 5.91 Å². The SMILES string of the molecule is Cn1nnc2c3cc(C(=O)NCc4ccccn4)ccc3n(-c3ccc(C(F)(F)F)nc3)c21. The molecule has 0 saturated heterocycles. The van der Waals surface area contributed by atoms with Crippen LogP contribution >= 0.6 is 0 Å². The van der Waals surface area contributed by atoms with Crippen molar-refractivity contribution < 1.29 is 18.0 Å². The topological polar surface area (TPSA) is 90.5 Å². The molecule has 166 valence electrons. The fourth-order valence-corrected chi connectivity index (χ4v) is 3.68. The Kier molecular flexibility index (Phi) is 4.81. The summed E-state index contributed by atoms with van der Waals surface area (Å²) < 4.78 is 42.1. The normalized spacial score (nSPS) is 11.9. The summed E-state index contributed by atoms with van der Waals surface area (Å²) in [4.78, 5) is 20.5. The van der Waals surface area contributed by atoms with Gasteiger partial charge < -0.3 is 5.32 Å². The van der Waals surface area contributed by atoms with Crippen LogP contribution in [-0.2, 0) is 19.8 Å². The minimum absolute atomic E-state index is 0.274. The van der Waals surface area contributed by atoms with Crippen molar-refractivity contribution in [3.05, 3.63) is 77.9 Å². The molecule has 5 aromatic rings. The first-order valence-electron chi connectivity index (χ1n) is 9.88. The number of benzene rings is 1. The summed E-state index contributed by atoms with van der Waals surface area (Å²) in [5.41, 5.74) is 2.32. The molecular weight excluding hydrogens is 435 g/mol. The number of rotatable bonds is 4. The number of carbonyl (C=O) groups excluding carboxylic acids is 1. The summed E-state index contributed by atoms with van der Waals surface area (Å²) in [6, 6.07) is 12.8. The van der Waals surface area contributed by atoms with Crippen molar-refractivity contribution in [2.45, 2.75) is 12.7 Å². The molecule has 0 aliphatic heterocycles. The molecule has 33 heavy (non-hydrogen) atoms. The zero-order chi connectivity index (χ0) is 23.2. The Bertz CT molecular complexity index is 1470. The molecule has 0 saturated carbocycles. The number of carbonyl (C=O) groups is 1. The average molecular weight is 451 g/mol. The summed E-state index contributed by atoms with van der Waals surface area (Å²) in [6.07, 6.45) is -1.72. The predicted molar refractivity (Wildman–Crippen MR) is 114 cm³/mol. The van der Waals surface area contributed by atoms with Gasteiger partial charge in [0.15, 0.2) is 5.65 Å². The number of alkyl halides is 3. The van der Waals surface area contributed by atoms with Gasteiger partial charge in [0.2, 0.25) is 0 Å². The number of hydrogen-bond donors (Lipinski definition) is 1. The van der Waals surface area contributed by atoms with E-state index in [1.165, 1.54) is 10.7 Å². The number of aromatic nitrogens is 6. The number of pyridine rings is 2. The van der Waals surface area contributed by atoms with Crippen LogP contribution in [0, 0.1) is 0 Å². The minimum atomic E-state index is -4.53. The van der Waals surface area contributed by atoms with Crippen LogP contribution in [0.25, 0.3) is 27.8 Å². The molecule has 0 spiro atoms. The van der Waals surface area contributed by atoms with Crippen LogP contribution in [0.4, 0.5) is 13.2 Å². The lowest BCUT2D eigenvalue weighted by Crippen LogP contribution is -2.23. The molecule has 0 aliphatic carbocycles. The van der Waals surface area contributed by atoms with Crippen molar-refractivity contribution >= 4 is 28.0 Å². The largest absolute Gasteiger partial charge is 0.433 e. The fraction of sp³-hybridized carbons (Fsp3) is 0.136. The second-order valence-corrected chi connectivity index (χ2v) is 7.36. The number of hydrogen-bond acceptors (Lipinski definition) is 5. The van der Waals surface area contributed by atoms with Gasteiger partial charge >= 0.3 is 6.18 Å². The molecule has 0 atom stereocenters. The van der Waals surface area contributed by atoms with Gasteiger partial charge in [-0.15, -0.1) is 5.10 Å². The van der Waals surface area contributed by atoms with E-state index in [1.807, 2.05) is 12.1 Å². The van der Waals surface area contributed by atoms with Crippen LogP contribution < -0.4 is 5.32 Å². The summed E-state index contributed by atoms with van der Waals surface area (Å²) in [7, 11) is 1.68. The fourth-order valence-electron chi connectivity index (χ4n) is 3.68. The third-order valence-corrected chi connectivity index (χ3v) is 5.22. The molecule has 0 radical (unpaired) electrons. The van der Waals surface area contributed by atoms with Crippen LogP contribution in [-0.4, -0.2) is 35.4 Å². The molecule has 4 heterocycles. The van der Waals surface area contributed by atoms with Crippen molar-refractivity contribution in [3.8, 4) is 5.69 Å². The molecule has 0 unspecified atom stereocenters. The lowest BCUT2D eigenvalue weighted by atomic mass is 10.1. The summed E-state index contributed by atoms with van der Waals surface area (Å²) >= 11 is 0. The first kappa shape index (κ1) is 20.6. The maximum absolute atomic E-state index is 12.9. The van der Waals surface area contributed by atoms with Crippen molar-refractivity contribution in [2.75, 3.05) is 0 Å². The van der Waals surface area contributed by atoms with E-state index in [9.17, 15) is 18.0 Å². The molecular formula is C22H16F3N7O. The molecule has 8 nitrogen and oxygen atoms in total. The quantitative estimate of drug-likeness (QED) is 0.451. The summed E-state index contributed by atoms with van der Waals surface area (Å²) in [5, 5.41) is 11.7. The van der Waals surface area contributed by atoms with Crippen LogP contribution in [0.1, 0.15) is 21.7 Å². The Hall–Kier alpha value is -4.28. The molecule has 0 bridgehead atoms. The van der Waals surface area contributed by atoms with E-state index >= 15 is 0 Å². The van der Waals surface area contributed by atoms with E-state index in [0.29, 0.717) is 33.3 Å². The standard InChI is InChI=1S/C22H16F3N7O/c1-31-21-19(29-30-31)16-10-13(20(33)28-11-14-4-2-3-9-26-14)5-7-17(16)32(21)15-6-8-18(27-12-15)22(23,24)25/h2-10,12H,11H2,1H3,(H,28,33). The van der Waals surface area contributed by atoms with Crippen molar-refractivity contribution in [1.29, 1.82) is 0 Å². The number of nitrogens with zero attached hydrogens (tertiary/aromatic N) is 6. The monoisotopic (exact) mass is 451 g/mol. The summed E-state index contributed by atoms with van der Waals surface area (Å²) in [6.45, 7) is 0.274. The van der Waals surface area contributed by atoms with Gasteiger partial charge in [0.05, 0.1) is 29.6 Å². The van der Waals surface area contributed by atoms with E-state index in [4.69, 9.17) is 0 Å².